The number of H-pyrrole nitrogens is 1. The summed E-state index contributed by atoms with van der Waals surface area (Å²) in [7, 11) is 5.09. The molecule has 0 spiro atoms. The molecule has 0 aliphatic carbocycles. The van der Waals surface area contributed by atoms with Crippen LogP contribution in [0.15, 0.2) is 18.5 Å². The maximum atomic E-state index is 11.9. The first-order chi connectivity index (χ1) is 10.1. The predicted molar refractivity (Wildman–Crippen MR) is 76.4 cm³/mol. The quantitative estimate of drug-likeness (QED) is 0.716. The number of nitrogens with one attached hydrogen (secondary N) is 2. The molecule has 21 heavy (non-hydrogen) atoms. The molecule has 3 aromatic heterocycles. The molecule has 0 aliphatic rings. The second-order valence-electron chi connectivity index (χ2n) is 4.60. The first-order valence-electron chi connectivity index (χ1n) is 6.26. The molecule has 0 aromatic carbocycles. The largest absolute Gasteiger partial charge is 0.357 e. The fraction of sp³-hybridized carbons (Fsp3) is 0.250. The molecule has 3 heterocycles. The van der Waals surface area contributed by atoms with E-state index in [1.165, 1.54) is 9.58 Å². The van der Waals surface area contributed by atoms with Crippen molar-refractivity contribution in [1.82, 2.24) is 34.8 Å². The van der Waals surface area contributed by atoms with E-state index in [2.05, 4.69) is 30.6 Å². The van der Waals surface area contributed by atoms with Gasteiger partial charge in [0.25, 0.3) is 5.91 Å². The summed E-state index contributed by atoms with van der Waals surface area (Å²) < 4.78 is 1.54. The fourth-order valence-corrected chi connectivity index (χ4v) is 1.89. The summed E-state index contributed by atoms with van der Waals surface area (Å²) in [6, 6.07) is 1.65. The van der Waals surface area contributed by atoms with Crippen LogP contribution in [0.4, 0.5) is 5.95 Å². The summed E-state index contributed by atoms with van der Waals surface area (Å²) in [4.78, 5) is 22.0. The van der Waals surface area contributed by atoms with Crippen LogP contribution in [-0.2, 0) is 0 Å². The average molecular weight is 286 g/mol. The van der Waals surface area contributed by atoms with Gasteiger partial charge in [0.2, 0.25) is 5.95 Å². The highest BCUT2D eigenvalue weighted by Crippen LogP contribution is 2.18. The number of fused-ring (bicyclic) bond motifs is 1. The first kappa shape index (κ1) is 13.0. The van der Waals surface area contributed by atoms with Crippen LogP contribution in [0.2, 0.25) is 0 Å². The number of aromatic amines is 1. The highest BCUT2D eigenvalue weighted by molar-refractivity contribution is 5.92. The zero-order valence-corrected chi connectivity index (χ0v) is 11.8. The van der Waals surface area contributed by atoms with Gasteiger partial charge in [0.15, 0.2) is 17.2 Å². The Kier molecular flexibility index (Phi) is 3.01. The van der Waals surface area contributed by atoms with Crippen LogP contribution in [0.1, 0.15) is 10.5 Å². The molecule has 0 fully saturated rings. The van der Waals surface area contributed by atoms with Crippen molar-refractivity contribution in [2.45, 2.75) is 0 Å². The van der Waals surface area contributed by atoms with E-state index in [4.69, 9.17) is 0 Å². The fourth-order valence-electron chi connectivity index (χ4n) is 1.89. The second kappa shape index (κ2) is 4.85. The molecule has 1 amide bonds. The summed E-state index contributed by atoms with van der Waals surface area (Å²) >= 11 is 0. The molecule has 0 atom stereocenters. The van der Waals surface area contributed by atoms with E-state index in [-0.39, 0.29) is 5.91 Å². The van der Waals surface area contributed by atoms with Crippen LogP contribution in [0, 0.1) is 0 Å². The molecule has 3 aromatic rings. The summed E-state index contributed by atoms with van der Waals surface area (Å²) in [6.45, 7) is 0. The van der Waals surface area contributed by atoms with E-state index in [0.29, 0.717) is 23.1 Å². The van der Waals surface area contributed by atoms with Gasteiger partial charge in [0, 0.05) is 27.3 Å². The Hall–Kier alpha value is -2.97. The van der Waals surface area contributed by atoms with Crippen LogP contribution in [0.25, 0.3) is 16.9 Å². The minimum absolute atomic E-state index is 0.167. The van der Waals surface area contributed by atoms with Gasteiger partial charge < -0.3 is 10.2 Å². The molecular weight excluding hydrogens is 272 g/mol. The molecule has 0 saturated heterocycles. The van der Waals surface area contributed by atoms with Crippen molar-refractivity contribution in [3.63, 3.8) is 0 Å². The highest BCUT2D eigenvalue weighted by atomic mass is 16.2. The van der Waals surface area contributed by atoms with Gasteiger partial charge >= 0.3 is 0 Å². The smallest absolute Gasteiger partial charge is 0.273 e. The third-order valence-electron chi connectivity index (χ3n) is 2.94. The number of hydrogen-bond donors (Lipinski definition) is 2. The molecular formula is C12H14N8O. The Morgan fingerprint density at radius 1 is 1.38 bits per heavy atom. The van der Waals surface area contributed by atoms with Crippen molar-refractivity contribution < 1.29 is 4.79 Å². The van der Waals surface area contributed by atoms with E-state index in [9.17, 15) is 4.79 Å². The number of hydrogen-bond acceptors (Lipinski definition) is 6. The molecule has 9 nitrogen and oxygen atoms in total. The van der Waals surface area contributed by atoms with Crippen LogP contribution in [0.5, 0.6) is 0 Å². The van der Waals surface area contributed by atoms with Crippen molar-refractivity contribution in [2.75, 3.05) is 26.5 Å². The lowest BCUT2D eigenvalue weighted by Gasteiger charge is -2.07. The summed E-state index contributed by atoms with van der Waals surface area (Å²) in [5.74, 6) is 0.828. The van der Waals surface area contributed by atoms with Gasteiger partial charge in [-0.2, -0.15) is 20.2 Å². The Labute approximate surface area is 120 Å². The van der Waals surface area contributed by atoms with Gasteiger partial charge in [-0.25, -0.2) is 4.68 Å². The third-order valence-corrected chi connectivity index (χ3v) is 2.94. The number of rotatable bonds is 3. The summed E-state index contributed by atoms with van der Waals surface area (Å²) in [5, 5.41) is 14.6. The molecule has 2 N–H and O–H groups in total. The maximum Gasteiger partial charge on any atom is 0.273 e. The summed E-state index contributed by atoms with van der Waals surface area (Å²) in [6.07, 6.45) is 3.31. The van der Waals surface area contributed by atoms with Gasteiger partial charge in [-0.15, -0.1) is 0 Å². The van der Waals surface area contributed by atoms with Crippen LogP contribution in [0.3, 0.4) is 0 Å². The standard InChI is InChI=1S/C12H14N8O/c1-13-12-15-9-7(6-14-17-9)10(16-12)20-5-4-8(18-20)11(21)19(2)3/h4-6H,1-3H3,(H2,13,14,15,16,17). The topological polar surface area (TPSA) is 105 Å². The molecule has 0 unspecified atom stereocenters. The lowest BCUT2D eigenvalue weighted by Crippen LogP contribution is -2.22. The Balaban J connectivity index is 2.12. The molecule has 0 radical (unpaired) electrons. The normalized spacial score (nSPS) is 10.8. The van der Waals surface area contributed by atoms with Crippen molar-refractivity contribution in [3.05, 3.63) is 24.2 Å². The van der Waals surface area contributed by atoms with Gasteiger partial charge in [-0.3, -0.25) is 9.89 Å². The maximum absolute atomic E-state index is 11.9. The zero-order valence-electron chi connectivity index (χ0n) is 11.8. The Bertz CT molecular complexity index is 803. The predicted octanol–water partition coefficient (Wildman–Crippen LogP) is 0.282. The highest BCUT2D eigenvalue weighted by Gasteiger charge is 2.15. The van der Waals surface area contributed by atoms with Crippen LogP contribution in [-0.4, -0.2) is 61.9 Å². The van der Waals surface area contributed by atoms with E-state index in [1.54, 1.807) is 39.6 Å². The van der Waals surface area contributed by atoms with E-state index >= 15 is 0 Å². The van der Waals surface area contributed by atoms with Gasteiger partial charge in [-0.1, -0.05) is 0 Å². The van der Waals surface area contributed by atoms with E-state index < -0.39 is 0 Å². The SMILES string of the molecule is CNc1nc(-n2ccc(C(=O)N(C)C)n2)c2cn[nH]c2n1. The first-order valence-corrected chi connectivity index (χ1v) is 6.26. The van der Waals surface area contributed by atoms with Gasteiger partial charge in [0.1, 0.15) is 0 Å². The van der Waals surface area contributed by atoms with Crippen molar-refractivity contribution in [2.24, 2.45) is 0 Å². The number of anilines is 1. The van der Waals surface area contributed by atoms with Crippen LogP contribution < -0.4 is 5.32 Å². The number of nitrogens with zero attached hydrogens (tertiary/aromatic N) is 6. The molecule has 0 saturated carbocycles. The number of amides is 1. The van der Waals surface area contributed by atoms with E-state index in [0.717, 1.165) is 5.39 Å². The van der Waals surface area contributed by atoms with E-state index in [1.807, 2.05) is 0 Å². The molecule has 108 valence electrons. The monoisotopic (exact) mass is 286 g/mol. The molecule has 0 aliphatic heterocycles. The lowest BCUT2D eigenvalue weighted by molar-refractivity contribution is 0.0821. The Morgan fingerprint density at radius 3 is 2.90 bits per heavy atom. The van der Waals surface area contributed by atoms with Crippen molar-refractivity contribution in [1.29, 1.82) is 0 Å². The third kappa shape index (κ3) is 2.18. The van der Waals surface area contributed by atoms with Crippen molar-refractivity contribution >= 4 is 22.9 Å². The average Bonchev–Trinajstić information content (AvgIpc) is 3.13. The van der Waals surface area contributed by atoms with Crippen LogP contribution >= 0.6 is 0 Å². The molecule has 3 rings (SSSR count). The minimum Gasteiger partial charge on any atom is -0.357 e. The number of carbonyl (C=O) groups is 1. The number of aromatic nitrogens is 6. The lowest BCUT2D eigenvalue weighted by atomic mass is 10.4. The van der Waals surface area contributed by atoms with Gasteiger partial charge in [-0.05, 0) is 6.07 Å². The Morgan fingerprint density at radius 2 is 2.19 bits per heavy atom. The molecule has 0 bridgehead atoms. The minimum atomic E-state index is -0.167. The summed E-state index contributed by atoms with van der Waals surface area (Å²) in [5.41, 5.74) is 0.946. The zero-order chi connectivity index (χ0) is 15.0. The molecule has 9 heteroatoms. The van der Waals surface area contributed by atoms with Gasteiger partial charge in [0.05, 0.1) is 11.6 Å². The number of carbonyl (C=O) groups excluding carboxylic acids is 1. The van der Waals surface area contributed by atoms with Crippen molar-refractivity contribution in [3.8, 4) is 5.82 Å². The second-order valence-corrected chi connectivity index (χ2v) is 4.60.